The summed E-state index contributed by atoms with van der Waals surface area (Å²) in [6.45, 7) is 1.32. The molecule has 1 aromatic rings. The lowest BCUT2D eigenvalue weighted by Gasteiger charge is -2.25. The molecule has 0 spiro atoms. The summed E-state index contributed by atoms with van der Waals surface area (Å²) in [5.41, 5.74) is 0.467. The van der Waals surface area contributed by atoms with Crippen LogP contribution in [0, 0.1) is 0 Å². The Balaban J connectivity index is 1.99. The van der Waals surface area contributed by atoms with Crippen LogP contribution in [0.3, 0.4) is 0 Å². The fraction of sp³-hybridized carbons (Fsp3) is 0.385. The van der Waals surface area contributed by atoms with Gasteiger partial charge in [-0.1, -0.05) is 23.7 Å². The van der Waals surface area contributed by atoms with Crippen molar-refractivity contribution in [3.8, 4) is 0 Å². The van der Waals surface area contributed by atoms with Gasteiger partial charge in [0.2, 0.25) is 0 Å². The highest BCUT2D eigenvalue weighted by Crippen LogP contribution is 2.20. The number of hydrogen-bond donors (Lipinski definition) is 1. The van der Waals surface area contributed by atoms with Crippen molar-refractivity contribution in [2.45, 2.75) is 19.3 Å². The quantitative estimate of drug-likeness (QED) is 0.793. The average molecular weight is 267 g/mol. The van der Waals surface area contributed by atoms with Crippen LogP contribution in [-0.4, -0.2) is 29.8 Å². The van der Waals surface area contributed by atoms with Gasteiger partial charge in [0.05, 0.1) is 10.7 Å². The monoisotopic (exact) mass is 266 g/mol. The third kappa shape index (κ3) is 3.01. The predicted molar refractivity (Wildman–Crippen MR) is 70.5 cm³/mol. The number of rotatable bonds is 1. The standard InChI is InChI=1S/C13H15ClN2O2/c14-10-6-2-3-7-11(10)15-12(17)13(18)16-8-4-1-5-9-16/h2-3,6-7H,1,4-5,8-9H2,(H,15,17). The van der Waals surface area contributed by atoms with Gasteiger partial charge in [-0.25, -0.2) is 0 Å². The average Bonchev–Trinajstić information content (AvgIpc) is 2.41. The van der Waals surface area contributed by atoms with Crippen molar-refractivity contribution < 1.29 is 9.59 Å². The van der Waals surface area contributed by atoms with Crippen molar-refractivity contribution in [1.82, 2.24) is 4.90 Å². The van der Waals surface area contributed by atoms with Gasteiger partial charge >= 0.3 is 11.8 Å². The third-order valence-electron chi connectivity index (χ3n) is 2.96. The first-order chi connectivity index (χ1) is 8.68. The van der Waals surface area contributed by atoms with E-state index >= 15 is 0 Å². The summed E-state index contributed by atoms with van der Waals surface area (Å²) >= 11 is 5.92. The topological polar surface area (TPSA) is 49.4 Å². The summed E-state index contributed by atoms with van der Waals surface area (Å²) in [5.74, 6) is -1.10. The lowest BCUT2D eigenvalue weighted by atomic mass is 10.1. The molecule has 0 saturated carbocycles. The van der Waals surface area contributed by atoms with Crippen LogP contribution in [0.15, 0.2) is 24.3 Å². The molecule has 1 aromatic carbocycles. The van der Waals surface area contributed by atoms with Crippen molar-refractivity contribution in [3.63, 3.8) is 0 Å². The van der Waals surface area contributed by atoms with Gasteiger partial charge in [0, 0.05) is 13.1 Å². The van der Waals surface area contributed by atoms with Gasteiger partial charge in [0.25, 0.3) is 0 Å². The molecule has 2 rings (SSSR count). The molecule has 5 heteroatoms. The largest absolute Gasteiger partial charge is 0.334 e. The first-order valence-corrected chi connectivity index (χ1v) is 6.41. The molecule has 18 heavy (non-hydrogen) atoms. The maximum absolute atomic E-state index is 11.9. The molecule has 0 radical (unpaired) electrons. The van der Waals surface area contributed by atoms with E-state index in [9.17, 15) is 9.59 Å². The molecule has 0 atom stereocenters. The van der Waals surface area contributed by atoms with Crippen LogP contribution in [0.4, 0.5) is 5.69 Å². The number of hydrogen-bond acceptors (Lipinski definition) is 2. The Morgan fingerprint density at radius 3 is 2.44 bits per heavy atom. The van der Waals surface area contributed by atoms with Gasteiger partial charge in [0.15, 0.2) is 0 Å². The van der Waals surface area contributed by atoms with E-state index in [4.69, 9.17) is 11.6 Å². The normalized spacial score (nSPS) is 15.3. The van der Waals surface area contributed by atoms with E-state index in [1.807, 2.05) is 0 Å². The minimum atomic E-state index is -0.620. The van der Waals surface area contributed by atoms with Gasteiger partial charge < -0.3 is 10.2 Å². The van der Waals surface area contributed by atoms with E-state index in [-0.39, 0.29) is 0 Å². The number of nitrogens with one attached hydrogen (secondary N) is 1. The number of benzene rings is 1. The maximum Gasteiger partial charge on any atom is 0.313 e. The number of carbonyl (C=O) groups is 2. The summed E-state index contributed by atoms with van der Waals surface area (Å²) in [7, 11) is 0. The molecule has 0 aliphatic carbocycles. The van der Waals surface area contributed by atoms with Crippen LogP contribution >= 0.6 is 11.6 Å². The summed E-state index contributed by atoms with van der Waals surface area (Å²) in [4.78, 5) is 25.3. The molecule has 2 amide bonds. The lowest BCUT2D eigenvalue weighted by molar-refractivity contribution is -0.143. The highest BCUT2D eigenvalue weighted by atomic mass is 35.5. The smallest absolute Gasteiger partial charge is 0.313 e. The molecule has 0 bridgehead atoms. The first kappa shape index (κ1) is 12.9. The number of anilines is 1. The number of piperidine rings is 1. The maximum atomic E-state index is 11.9. The lowest BCUT2D eigenvalue weighted by Crippen LogP contribution is -2.42. The first-order valence-electron chi connectivity index (χ1n) is 6.03. The molecule has 1 aliphatic rings. The highest BCUT2D eigenvalue weighted by Gasteiger charge is 2.23. The molecule has 1 N–H and O–H groups in total. The molecule has 1 aliphatic heterocycles. The Bertz CT molecular complexity index is 456. The number of carbonyl (C=O) groups excluding carboxylic acids is 2. The van der Waals surface area contributed by atoms with Crippen LogP contribution < -0.4 is 5.32 Å². The van der Waals surface area contributed by atoms with Crippen molar-refractivity contribution >= 4 is 29.1 Å². The van der Waals surface area contributed by atoms with Crippen LogP contribution in [0.2, 0.25) is 5.02 Å². The van der Waals surface area contributed by atoms with Crippen molar-refractivity contribution in [2.24, 2.45) is 0 Å². The van der Waals surface area contributed by atoms with E-state index < -0.39 is 11.8 Å². The Morgan fingerprint density at radius 2 is 1.78 bits per heavy atom. The molecule has 1 heterocycles. The van der Waals surface area contributed by atoms with E-state index in [0.717, 1.165) is 19.3 Å². The number of para-hydroxylation sites is 1. The molecule has 96 valence electrons. The third-order valence-corrected chi connectivity index (χ3v) is 3.29. The van der Waals surface area contributed by atoms with Gasteiger partial charge in [-0.2, -0.15) is 0 Å². The minimum Gasteiger partial charge on any atom is -0.334 e. The zero-order valence-corrected chi connectivity index (χ0v) is 10.7. The zero-order valence-electron chi connectivity index (χ0n) is 9.99. The molecule has 0 unspecified atom stereocenters. The van der Waals surface area contributed by atoms with E-state index in [0.29, 0.717) is 23.8 Å². The van der Waals surface area contributed by atoms with Crippen LogP contribution in [0.5, 0.6) is 0 Å². The predicted octanol–water partition coefficient (Wildman–Crippen LogP) is 2.29. The Labute approximate surface area is 111 Å². The van der Waals surface area contributed by atoms with Gasteiger partial charge in [-0.05, 0) is 31.4 Å². The second-order valence-corrected chi connectivity index (χ2v) is 4.69. The molecular formula is C13H15ClN2O2. The fourth-order valence-corrected chi connectivity index (χ4v) is 2.16. The van der Waals surface area contributed by atoms with E-state index in [2.05, 4.69) is 5.32 Å². The fourth-order valence-electron chi connectivity index (χ4n) is 1.98. The second kappa shape index (κ2) is 5.87. The minimum absolute atomic E-state index is 0.428. The SMILES string of the molecule is O=C(Nc1ccccc1Cl)C(=O)N1CCCCC1. The van der Waals surface area contributed by atoms with Gasteiger partial charge in [-0.15, -0.1) is 0 Å². The van der Waals surface area contributed by atoms with Gasteiger partial charge in [0.1, 0.15) is 0 Å². The van der Waals surface area contributed by atoms with Crippen molar-refractivity contribution in [2.75, 3.05) is 18.4 Å². The summed E-state index contributed by atoms with van der Waals surface area (Å²) in [5, 5.41) is 2.97. The second-order valence-electron chi connectivity index (χ2n) is 4.29. The molecule has 0 aromatic heterocycles. The van der Waals surface area contributed by atoms with Crippen LogP contribution in [0.25, 0.3) is 0 Å². The number of nitrogens with zero attached hydrogens (tertiary/aromatic N) is 1. The van der Waals surface area contributed by atoms with Crippen molar-refractivity contribution in [1.29, 1.82) is 0 Å². The Morgan fingerprint density at radius 1 is 1.11 bits per heavy atom. The van der Waals surface area contributed by atoms with E-state index in [1.165, 1.54) is 0 Å². The van der Waals surface area contributed by atoms with Crippen LogP contribution in [-0.2, 0) is 9.59 Å². The molecular weight excluding hydrogens is 252 g/mol. The summed E-state index contributed by atoms with van der Waals surface area (Å²) < 4.78 is 0. The molecule has 1 saturated heterocycles. The van der Waals surface area contributed by atoms with Crippen molar-refractivity contribution in [3.05, 3.63) is 29.3 Å². The summed E-state index contributed by atoms with van der Waals surface area (Å²) in [6, 6.07) is 6.86. The van der Waals surface area contributed by atoms with Gasteiger partial charge in [-0.3, -0.25) is 9.59 Å². The highest BCUT2D eigenvalue weighted by molar-refractivity contribution is 6.41. The van der Waals surface area contributed by atoms with E-state index in [1.54, 1.807) is 29.2 Å². The number of amides is 2. The Kier molecular flexibility index (Phi) is 4.20. The molecule has 4 nitrogen and oxygen atoms in total. The number of likely N-dealkylation sites (tertiary alicyclic amines) is 1. The molecule has 1 fully saturated rings. The zero-order chi connectivity index (χ0) is 13.0. The Hall–Kier alpha value is -1.55. The summed E-state index contributed by atoms with van der Waals surface area (Å²) in [6.07, 6.45) is 3.05. The van der Waals surface area contributed by atoms with Crippen LogP contribution in [0.1, 0.15) is 19.3 Å². The number of halogens is 1.